The number of thioether (sulfide) groups is 1. The van der Waals surface area contributed by atoms with Gasteiger partial charge in [-0.25, -0.2) is 0 Å². The summed E-state index contributed by atoms with van der Waals surface area (Å²) in [5.41, 5.74) is 1.32. The van der Waals surface area contributed by atoms with Gasteiger partial charge in [0.2, 0.25) is 0 Å². The molecule has 0 spiro atoms. The van der Waals surface area contributed by atoms with E-state index in [1.165, 1.54) is 6.42 Å². The fourth-order valence-corrected chi connectivity index (χ4v) is 1.53. The van der Waals surface area contributed by atoms with Crippen LogP contribution in [0.4, 0.5) is 0 Å². The molecule has 3 radical (unpaired) electrons. The molecule has 5 heteroatoms. The highest BCUT2D eigenvalue weighted by atomic mass is 32.2. The second-order valence-electron chi connectivity index (χ2n) is 4.17. The minimum absolute atomic E-state index is 0. The van der Waals surface area contributed by atoms with E-state index in [2.05, 4.69) is 6.07 Å². The summed E-state index contributed by atoms with van der Waals surface area (Å²) < 4.78 is 5.70. The molecule has 0 aromatic heterocycles. The third-order valence-electron chi connectivity index (χ3n) is 2.71. The molecule has 0 atom stereocenters. The molecule has 0 amide bonds. The monoisotopic (exact) mass is 276 g/mol. The molecule has 1 aromatic rings. The number of nitrogens with zero attached hydrogens (tertiary/aromatic N) is 1. The number of benzene rings is 1. The van der Waals surface area contributed by atoms with Gasteiger partial charge < -0.3 is 9.84 Å². The van der Waals surface area contributed by atoms with E-state index in [4.69, 9.17) is 15.1 Å². The molecule has 0 bridgehead atoms. The quantitative estimate of drug-likeness (QED) is 0.862. The van der Waals surface area contributed by atoms with Gasteiger partial charge >= 0.3 is 0 Å². The molecule has 0 unspecified atom stereocenters. The van der Waals surface area contributed by atoms with Gasteiger partial charge in [-0.3, -0.25) is 0 Å². The lowest BCUT2D eigenvalue weighted by Crippen LogP contribution is -2.25. The molecule has 1 saturated carbocycles. The maximum absolute atomic E-state index is 9.12. The standard InChI is InChI=1S/C12H13NO2.C2H6S.B/c13-7-9-4-5-10(8-14)12(6-9)15-11-2-1-3-11;1-3-2;/h4-6,11,14H,1-3,8H2;1-2H3;. The fourth-order valence-electron chi connectivity index (χ4n) is 1.53. The van der Waals surface area contributed by atoms with Crippen molar-refractivity contribution in [2.45, 2.75) is 32.0 Å². The van der Waals surface area contributed by atoms with Gasteiger partial charge in [-0.15, -0.1) is 0 Å². The van der Waals surface area contributed by atoms with Crippen molar-refractivity contribution in [1.82, 2.24) is 0 Å². The highest BCUT2D eigenvalue weighted by Gasteiger charge is 2.20. The maximum Gasteiger partial charge on any atom is 0.126 e. The number of aliphatic hydroxyl groups is 1. The highest BCUT2D eigenvalue weighted by molar-refractivity contribution is 7.97. The lowest BCUT2D eigenvalue weighted by Gasteiger charge is -2.27. The number of nitriles is 1. The topological polar surface area (TPSA) is 53.2 Å². The second-order valence-corrected chi connectivity index (χ2v) is 4.99. The van der Waals surface area contributed by atoms with Crippen LogP contribution in [0.15, 0.2) is 18.2 Å². The number of hydrogen-bond donors (Lipinski definition) is 1. The van der Waals surface area contributed by atoms with Crippen LogP contribution in [0, 0.1) is 11.3 Å². The fraction of sp³-hybridized carbons (Fsp3) is 0.500. The normalized spacial score (nSPS) is 13.2. The van der Waals surface area contributed by atoms with E-state index in [1.54, 1.807) is 30.0 Å². The van der Waals surface area contributed by atoms with Gasteiger partial charge in [0.05, 0.1) is 24.3 Å². The molecule has 1 fully saturated rings. The largest absolute Gasteiger partial charge is 0.490 e. The van der Waals surface area contributed by atoms with E-state index < -0.39 is 0 Å². The van der Waals surface area contributed by atoms with Crippen LogP contribution in [0.25, 0.3) is 0 Å². The van der Waals surface area contributed by atoms with Gasteiger partial charge in [-0.05, 0) is 43.9 Å². The zero-order valence-corrected chi connectivity index (χ0v) is 12.2. The van der Waals surface area contributed by atoms with Crippen LogP contribution in [0.1, 0.15) is 30.4 Å². The van der Waals surface area contributed by atoms with Crippen molar-refractivity contribution in [3.8, 4) is 11.8 Å². The maximum atomic E-state index is 9.12. The zero-order chi connectivity index (χ0) is 13.4. The summed E-state index contributed by atoms with van der Waals surface area (Å²) in [7, 11) is 0. The molecule has 1 aromatic carbocycles. The molecule has 1 aliphatic carbocycles. The van der Waals surface area contributed by atoms with Gasteiger partial charge in [0.1, 0.15) is 5.75 Å². The average Bonchev–Trinajstić information content (AvgIpc) is 2.34. The highest BCUT2D eigenvalue weighted by Crippen LogP contribution is 2.28. The predicted molar refractivity (Wildman–Crippen MR) is 80.5 cm³/mol. The first kappa shape index (κ1) is 17.9. The van der Waals surface area contributed by atoms with Crippen LogP contribution in [-0.4, -0.2) is 32.1 Å². The smallest absolute Gasteiger partial charge is 0.126 e. The number of hydrogen-bond acceptors (Lipinski definition) is 4. The molecular weight excluding hydrogens is 257 g/mol. The summed E-state index contributed by atoms with van der Waals surface area (Å²) in [6.07, 6.45) is 7.70. The van der Waals surface area contributed by atoms with Gasteiger partial charge in [0.25, 0.3) is 0 Å². The number of ether oxygens (including phenoxy) is 1. The van der Waals surface area contributed by atoms with Crippen LogP contribution in [0.5, 0.6) is 5.75 Å². The van der Waals surface area contributed by atoms with Crippen LogP contribution < -0.4 is 4.74 Å². The van der Waals surface area contributed by atoms with Crippen molar-refractivity contribution in [1.29, 1.82) is 5.26 Å². The van der Waals surface area contributed by atoms with Crippen molar-refractivity contribution < 1.29 is 9.84 Å². The lowest BCUT2D eigenvalue weighted by molar-refractivity contribution is 0.116. The van der Waals surface area contributed by atoms with Crippen LogP contribution in [0.2, 0.25) is 0 Å². The molecule has 3 nitrogen and oxygen atoms in total. The summed E-state index contributed by atoms with van der Waals surface area (Å²) in [4.78, 5) is 0. The van der Waals surface area contributed by atoms with Crippen LogP contribution in [0.3, 0.4) is 0 Å². The summed E-state index contributed by atoms with van der Waals surface area (Å²) in [6, 6.07) is 7.20. The molecule has 0 aliphatic heterocycles. The van der Waals surface area contributed by atoms with Crippen molar-refractivity contribution in [2.24, 2.45) is 0 Å². The summed E-state index contributed by atoms with van der Waals surface area (Å²) >= 11 is 1.75. The van der Waals surface area contributed by atoms with E-state index in [0.717, 1.165) is 18.4 Å². The summed E-state index contributed by atoms with van der Waals surface area (Å²) in [6.45, 7) is -0.0479. The second kappa shape index (κ2) is 9.77. The minimum Gasteiger partial charge on any atom is -0.490 e. The SMILES string of the molecule is CSC.N#Cc1ccc(CO)c(OC2CCC2)c1.[B]. The molecule has 0 saturated heterocycles. The van der Waals surface area contributed by atoms with E-state index in [9.17, 15) is 0 Å². The van der Waals surface area contributed by atoms with Crippen molar-refractivity contribution in [3.63, 3.8) is 0 Å². The number of rotatable bonds is 3. The molecule has 0 heterocycles. The van der Waals surface area contributed by atoms with E-state index >= 15 is 0 Å². The van der Waals surface area contributed by atoms with Crippen LogP contribution >= 0.6 is 11.8 Å². The summed E-state index contributed by atoms with van der Waals surface area (Å²) in [5, 5.41) is 17.9. The third-order valence-corrected chi connectivity index (χ3v) is 2.71. The third kappa shape index (κ3) is 5.58. The van der Waals surface area contributed by atoms with E-state index in [0.29, 0.717) is 11.3 Å². The van der Waals surface area contributed by atoms with Gasteiger partial charge in [0.15, 0.2) is 0 Å². The Morgan fingerprint density at radius 1 is 1.42 bits per heavy atom. The van der Waals surface area contributed by atoms with Crippen molar-refractivity contribution in [3.05, 3.63) is 29.3 Å². The van der Waals surface area contributed by atoms with E-state index in [1.807, 2.05) is 12.5 Å². The predicted octanol–water partition coefficient (Wildman–Crippen LogP) is 2.58. The first-order valence-electron chi connectivity index (χ1n) is 5.95. The molecule has 101 valence electrons. The Bertz CT molecular complexity index is 416. The average molecular weight is 276 g/mol. The first-order chi connectivity index (χ1) is 8.74. The molecule has 2 rings (SSSR count). The Kier molecular flexibility index (Phi) is 9.19. The summed E-state index contributed by atoms with van der Waals surface area (Å²) in [5.74, 6) is 0.654. The number of aliphatic hydroxyl groups excluding tert-OH is 1. The molecule has 19 heavy (non-hydrogen) atoms. The molecular formula is C14H19BNO2S. The Labute approximate surface area is 121 Å². The molecule has 1 aliphatic rings. The minimum atomic E-state index is -0.0479. The van der Waals surface area contributed by atoms with Gasteiger partial charge in [0, 0.05) is 14.0 Å². The van der Waals surface area contributed by atoms with Gasteiger partial charge in [-0.2, -0.15) is 17.0 Å². The lowest BCUT2D eigenvalue weighted by atomic mass is 9.96. The Balaban J connectivity index is 0.000000742. The van der Waals surface area contributed by atoms with Crippen LogP contribution in [-0.2, 0) is 6.61 Å². The Morgan fingerprint density at radius 2 is 2.05 bits per heavy atom. The zero-order valence-electron chi connectivity index (χ0n) is 11.4. The van der Waals surface area contributed by atoms with Crippen molar-refractivity contribution in [2.75, 3.05) is 12.5 Å². The first-order valence-corrected chi connectivity index (χ1v) is 7.59. The van der Waals surface area contributed by atoms with Gasteiger partial charge in [-0.1, -0.05) is 6.07 Å². The Hall–Kier alpha value is -1.12. The Morgan fingerprint density at radius 3 is 2.47 bits per heavy atom. The molecule has 1 N–H and O–H groups in total. The van der Waals surface area contributed by atoms with Crippen molar-refractivity contribution >= 4 is 20.2 Å². The van der Waals surface area contributed by atoms with E-state index in [-0.39, 0.29) is 21.1 Å².